The number of carboxylic acid groups (broad SMARTS) is 1. The van der Waals surface area contributed by atoms with Crippen LogP contribution in [0.5, 0.6) is 0 Å². The van der Waals surface area contributed by atoms with E-state index in [0.717, 1.165) is 12.8 Å². The summed E-state index contributed by atoms with van der Waals surface area (Å²) in [4.78, 5) is 35.1. The maximum atomic E-state index is 12.3. The zero-order chi connectivity index (χ0) is 17.5. The number of piperidine rings is 1. The number of aliphatic carboxylic acids is 1. The van der Waals surface area contributed by atoms with Gasteiger partial charge in [0.05, 0.1) is 11.5 Å². The summed E-state index contributed by atoms with van der Waals surface area (Å²) in [6.07, 6.45) is 2.45. The van der Waals surface area contributed by atoms with Gasteiger partial charge in [-0.15, -0.1) is 0 Å². The molecule has 0 saturated carbocycles. The minimum Gasteiger partial charge on any atom is -0.481 e. The Hall–Kier alpha value is -2.64. The van der Waals surface area contributed by atoms with Gasteiger partial charge in [-0.1, -0.05) is 12.1 Å². The van der Waals surface area contributed by atoms with Crippen molar-refractivity contribution in [2.24, 2.45) is 5.92 Å². The Balaban J connectivity index is 1.88. The number of rotatable bonds is 7. The normalized spacial score (nSPS) is 17.3. The molecule has 0 bridgehead atoms. The lowest BCUT2D eigenvalue weighted by Crippen LogP contribution is -2.42. The van der Waals surface area contributed by atoms with Gasteiger partial charge in [0, 0.05) is 25.6 Å². The van der Waals surface area contributed by atoms with Crippen molar-refractivity contribution in [1.82, 2.24) is 4.90 Å². The first-order chi connectivity index (χ1) is 11.5. The van der Waals surface area contributed by atoms with E-state index in [1.54, 1.807) is 23.1 Å². The Kier molecular flexibility index (Phi) is 6.11. The summed E-state index contributed by atoms with van der Waals surface area (Å²) in [7, 11) is 0. The Morgan fingerprint density at radius 3 is 2.83 bits per heavy atom. The molecule has 1 saturated heterocycles. The van der Waals surface area contributed by atoms with Crippen molar-refractivity contribution in [1.29, 1.82) is 0 Å². The van der Waals surface area contributed by atoms with Crippen LogP contribution in [-0.4, -0.2) is 46.4 Å². The number of carboxylic acids is 1. The minimum absolute atomic E-state index is 0.0174. The van der Waals surface area contributed by atoms with Crippen molar-refractivity contribution in [3.8, 4) is 0 Å². The van der Waals surface area contributed by atoms with E-state index in [4.69, 9.17) is 5.11 Å². The SMILES string of the molecule is O=C(O)CCC1CCCN(C(=O)CNc2ccccc2[N+](=O)[O-])C1. The molecule has 2 rings (SSSR count). The molecule has 1 aromatic carbocycles. The van der Waals surface area contributed by atoms with Crippen LogP contribution < -0.4 is 5.32 Å². The first-order valence-corrected chi connectivity index (χ1v) is 7.94. The van der Waals surface area contributed by atoms with Crippen molar-refractivity contribution < 1.29 is 19.6 Å². The monoisotopic (exact) mass is 335 g/mol. The molecule has 1 fully saturated rings. The van der Waals surface area contributed by atoms with Crippen LogP contribution in [0.25, 0.3) is 0 Å². The molecule has 24 heavy (non-hydrogen) atoms. The molecule has 1 aromatic rings. The van der Waals surface area contributed by atoms with Crippen LogP contribution in [0.3, 0.4) is 0 Å². The first kappa shape index (κ1) is 17.7. The van der Waals surface area contributed by atoms with Gasteiger partial charge in [0.1, 0.15) is 5.69 Å². The Morgan fingerprint density at radius 1 is 1.38 bits per heavy atom. The van der Waals surface area contributed by atoms with Crippen LogP contribution in [0.4, 0.5) is 11.4 Å². The molecule has 130 valence electrons. The molecule has 0 aliphatic carbocycles. The third kappa shape index (κ3) is 4.94. The standard InChI is InChI=1S/C16H21N3O5/c20-15(10-17-13-5-1-2-6-14(13)19(23)24)18-9-3-4-12(11-18)7-8-16(21)22/h1-2,5-6,12,17H,3-4,7-11H2,(H,21,22). The number of para-hydroxylation sites is 2. The minimum atomic E-state index is -0.823. The number of likely N-dealkylation sites (tertiary alicyclic amines) is 1. The fourth-order valence-electron chi connectivity index (χ4n) is 2.92. The van der Waals surface area contributed by atoms with Crippen molar-refractivity contribution in [2.45, 2.75) is 25.7 Å². The second kappa shape index (κ2) is 8.28. The lowest BCUT2D eigenvalue weighted by molar-refractivity contribution is -0.383. The van der Waals surface area contributed by atoms with E-state index in [0.29, 0.717) is 25.2 Å². The predicted molar refractivity (Wildman–Crippen MR) is 87.8 cm³/mol. The van der Waals surface area contributed by atoms with Crippen LogP contribution in [0.2, 0.25) is 0 Å². The largest absolute Gasteiger partial charge is 0.481 e. The van der Waals surface area contributed by atoms with Gasteiger partial charge in [0.15, 0.2) is 0 Å². The summed E-state index contributed by atoms with van der Waals surface area (Å²) in [5, 5.41) is 22.5. The molecule has 8 heteroatoms. The van der Waals surface area contributed by atoms with E-state index < -0.39 is 10.9 Å². The van der Waals surface area contributed by atoms with Crippen LogP contribution in [0.1, 0.15) is 25.7 Å². The van der Waals surface area contributed by atoms with Gasteiger partial charge in [0.2, 0.25) is 5.91 Å². The van der Waals surface area contributed by atoms with Gasteiger partial charge in [-0.25, -0.2) is 0 Å². The smallest absolute Gasteiger partial charge is 0.303 e. The number of carbonyl (C=O) groups is 2. The van der Waals surface area contributed by atoms with Crippen LogP contribution in [-0.2, 0) is 9.59 Å². The molecule has 1 aliphatic heterocycles. The molecule has 1 unspecified atom stereocenters. The number of anilines is 1. The second-order valence-corrected chi connectivity index (χ2v) is 5.91. The summed E-state index contributed by atoms with van der Waals surface area (Å²) in [6.45, 7) is 1.17. The zero-order valence-corrected chi connectivity index (χ0v) is 13.3. The molecule has 8 nitrogen and oxygen atoms in total. The number of hydrogen-bond donors (Lipinski definition) is 2. The lowest BCUT2D eigenvalue weighted by atomic mass is 9.93. The molecule has 0 aromatic heterocycles. The Morgan fingerprint density at radius 2 is 2.12 bits per heavy atom. The third-order valence-corrected chi connectivity index (χ3v) is 4.17. The molecule has 0 radical (unpaired) electrons. The van der Waals surface area contributed by atoms with Crippen molar-refractivity contribution in [2.75, 3.05) is 25.0 Å². The molecular weight excluding hydrogens is 314 g/mol. The third-order valence-electron chi connectivity index (χ3n) is 4.17. The number of hydrogen-bond acceptors (Lipinski definition) is 5. The highest BCUT2D eigenvalue weighted by Crippen LogP contribution is 2.24. The molecule has 0 spiro atoms. The lowest BCUT2D eigenvalue weighted by Gasteiger charge is -2.32. The number of benzene rings is 1. The Bertz CT molecular complexity index is 619. The summed E-state index contributed by atoms with van der Waals surface area (Å²) in [5.41, 5.74) is 0.249. The van der Waals surface area contributed by atoms with Crippen molar-refractivity contribution in [3.05, 3.63) is 34.4 Å². The molecule has 1 aliphatic rings. The van der Waals surface area contributed by atoms with Crippen LogP contribution in [0.15, 0.2) is 24.3 Å². The quantitative estimate of drug-likeness (QED) is 0.583. The maximum Gasteiger partial charge on any atom is 0.303 e. The number of nitrogens with one attached hydrogen (secondary N) is 1. The zero-order valence-electron chi connectivity index (χ0n) is 13.3. The number of nitrogens with zero attached hydrogens (tertiary/aromatic N) is 2. The summed E-state index contributed by atoms with van der Waals surface area (Å²) in [6, 6.07) is 6.19. The first-order valence-electron chi connectivity index (χ1n) is 7.94. The highest BCUT2D eigenvalue weighted by Gasteiger charge is 2.24. The van der Waals surface area contributed by atoms with E-state index in [1.807, 2.05) is 0 Å². The average molecular weight is 335 g/mol. The predicted octanol–water partition coefficient (Wildman–Crippen LogP) is 2.11. The van der Waals surface area contributed by atoms with Gasteiger partial charge in [-0.05, 0) is 31.2 Å². The number of amides is 1. The maximum absolute atomic E-state index is 12.3. The summed E-state index contributed by atoms with van der Waals surface area (Å²) < 4.78 is 0. The van der Waals surface area contributed by atoms with Crippen molar-refractivity contribution in [3.63, 3.8) is 0 Å². The highest BCUT2D eigenvalue weighted by molar-refractivity contribution is 5.82. The fourth-order valence-corrected chi connectivity index (χ4v) is 2.92. The topological polar surface area (TPSA) is 113 Å². The van der Waals surface area contributed by atoms with E-state index in [9.17, 15) is 19.7 Å². The van der Waals surface area contributed by atoms with Gasteiger partial charge in [-0.2, -0.15) is 0 Å². The molecule has 1 amide bonds. The van der Waals surface area contributed by atoms with Gasteiger partial charge >= 0.3 is 5.97 Å². The molecule has 1 heterocycles. The van der Waals surface area contributed by atoms with Gasteiger partial charge in [0.25, 0.3) is 5.69 Å². The van der Waals surface area contributed by atoms with Gasteiger partial charge in [-0.3, -0.25) is 19.7 Å². The van der Waals surface area contributed by atoms with E-state index in [1.165, 1.54) is 6.07 Å². The highest BCUT2D eigenvalue weighted by atomic mass is 16.6. The van der Waals surface area contributed by atoms with Gasteiger partial charge < -0.3 is 15.3 Å². The Labute approximate surface area is 139 Å². The number of carbonyl (C=O) groups excluding carboxylic acids is 1. The number of nitro benzene ring substituents is 1. The van der Waals surface area contributed by atoms with Crippen molar-refractivity contribution >= 4 is 23.3 Å². The van der Waals surface area contributed by atoms with E-state index >= 15 is 0 Å². The summed E-state index contributed by atoms with van der Waals surface area (Å²) in [5.74, 6) is -0.755. The fraction of sp³-hybridized carbons (Fsp3) is 0.500. The average Bonchev–Trinajstić information content (AvgIpc) is 2.58. The van der Waals surface area contributed by atoms with Crippen LogP contribution >= 0.6 is 0 Å². The molecule has 2 N–H and O–H groups in total. The van der Waals surface area contributed by atoms with Crippen LogP contribution in [0, 0.1) is 16.0 Å². The molecule has 1 atom stereocenters. The number of nitro groups is 1. The van der Waals surface area contributed by atoms with E-state index in [2.05, 4.69) is 5.32 Å². The second-order valence-electron chi connectivity index (χ2n) is 5.91. The summed E-state index contributed by atoms with van der Waals surface area (Å²) >= 11 is 0. The molecular formula is C16H21N3O5. The van der Waals surface area contributed by atoms with E-state index in [-0.39, 0.29) is 30.5 Å².